The first-order valence-electron chi connectivity index (χ1n) is 7.67. The highest BCUT2D eigenvalue weighted by atomic mass is 35.5. The predicted molar refractivity (Wildman–Crippen MR) is 93.4 cm³/mol. The molecule has 0 aliphatic heterocycles. The Kier molecular flexibility index (Phi) is 4.81. The number of pyridine rings is 1. The fourth-order valence-electron chi connectivity index (χ4n) is 2.44. The van der Waals surface area contributed by atoms with Gasteiger partial charge < -0.3 is 5.32 Å². The van der Waals surface area contributed by atoms with Crippen LogP contribution >= 0.6 is 11.6 Å². The summed E-state index contributed by atoms with van der Waals surface area (Å²) in [7, 11) is 0. The average molecular weight is 359 g/mol. The second kappa shape index (κ2) is 7.03. The molecule has 1 aromatic carbocycles. The van der Waals surface area contributed by atoms with Crippen LogP contribution in [0.3, 0.4) is 0 Å². The molecule has 25 heavy (non-hydrogen) atoms. The minimum atomic E-state index is -0.405. The number of aryl methyl sites for hydroxylation is 2. The van der Waals surface area contributed by atoms with Crippen LogP contribution < -0.4 is 5.32 Å². The second-order valence-electron chi connectivity index (χ2n) is 5.65. The van der Waals surface area contributed by atoms with Crippen LogP contribution in [-0.2, 0) is 6.54 Å². The van der Waals surface area contributed by atoms with Gasteiger partial charge in [-0.05, 0) is 49.7 Å². The molecule has 128 valence electrons. The lowest BCUT2D eigenvalue weighted by molar-refractivity contribution is 0.0946. The van der Waals surface area contributed by atoms with Gasteiger partial charge in [0.15, 0.2) is 5.82 Å². The van der Waals surface area contributed by atoms with Crippen LogP contribution in [0.1, 0.15) is 27.4 Å². The number of nitrogens with zero attached hydrogens (tertiary/aromatic N) is 3. The van der Waals surface area contributed by atoms with Crippen molar-refractivity contribution < 1.29 is 9.18 Å². The van der Waals surface area contributed by atoms with E-state index in [2.05, 4.69) is 15.4 Å². The van der Waals surface area contributed by atoms with Crippen molar-refractivity contribution in [3.8, 4) is 5.82 Å². The Morgan fingerprint density at radius 1 is 1.20 bits per heavy atom. The van der Waals surface area contributed by atoms with E-state index in [9.17, 15) is 9.18 Å². The van der Waals surface area contributed by atoms with Crippen molar-refractivity contribution in [1.29, 1.82) is 0 Å². The standard InChI is InChI=1S/C18H16ClFN4O/c1-11-9-12(2)24(23-11)16-8-7-15(19)17(22-16)18(25)21-10-13-3-5-14(20)6-4-13/h3-9H,10H2,1-2H3,(H,21,25). The maximum Gasteiger partial charge on any atom is 0.271 e. The van der Waals surface area contributed by atoms with Gasteiger partial charge >= 0.3 is 0 Å². The maximum atomic E-state index is 12.9. The zero-order valence-corrected chi connectivity index (χ0v) is 14.5. The number of aromatic nitrogens is 3. The van der Waals surface area contributed by atoms with Crippen molar-refractivity contribution in [2.75, 3.05) is 0 Å². The molecule has 1 N–H and O–H groups in total. The van der Waals surface area contributed by atoms with Gasteiger partial charge in [-0.25, -0.2) is 14.1 Å². The molecule has 0 bridgehead atoms. The van der Waals surface area contributed by atoms with E-state index in [0.29, 0.717) is 5.82 Å². The molecule has 5 nitrogen and oxygen atoms in total. The normalized spacial score (nSPS) is 10.7. The number of hydrogen-bond acceptors (Lipinski definition) is 3. The lowest BCUT2D eigenvalue weighted by atomic mass is 10.2. The summed E-state index contributed by atoms with van der Waals surface area (Å²) in [6.45, 7) is 4.04. The summed E-state index contributed by atoms with van der Waals surface area (Å²) in [6.07, 6.45) is 0. The third-order valence-corrected chi connectivity index (χ3v) is 3.94. The molecule has 1 amide bonds. The van der Waals surface area contributed by atoms with Crippen LogP contribution in [0.2, 0.25) is 5.02 Å². The molecule has 0 saturated carbocycles. The third-order valence-electron chi connectivity index (χ3n) is 3.64. The molecule has 0 aliphatic carbocycles. The Labute approximate surface area is 149 Å². The second-order valence-corrected chi connectivity index (χ2v) is 6.06. The molecule has 3 aromatic rings. The summed E-state index contributed by atoms with van der Waals surface area (Å²) >= 11 is 6.12. The monoisotopic (exact) mass is 358 g/mol. The summed E-state index contributed by atoms with van der Waals surface area (Å²) in [5.74, 6) is -0.211. The van der Waals surface area contributed by atoms with E-state index in [1.165, 1.54) is 12.1 Å². The Morgan fingerprint density at radius 2 is 1.92 bits per heavy atom. The highest BCUT2D eigenvalue weighted by Crippen LogP contribution is 2.18. The summed E-state index contributed by atoms with van der Waals surface area (Å²) < 4.78 is 14.6. The fraction of sp³-hybridized carbons (Fsp3) is 0.167. The lowest BCUT2D eigenvalue weighted by Crippen LogP contribution is -2.24. The SMILES string of the molecule is Cc1cc(C)n(-c2ccc(Cl)c(C(=O)NCc3ccc(F)cc3)n2)n1. The van der Waals surface area contributed by atoms with Gasteiger partial charge in [0.1, 0.15) is 11.5 Å². The van der Waals surface area contributed by atoms with E-state index in [1.807, 2.05) is 19.9 Å². The van der Waals surface area contributed by atoms with Crippen LogP contribution in [0.25, 0.3) is 5.82 Å². The number of rotatable bonds is 4. The quantitative estimate of drug-likeness (QED) is 0.775. The number of benzene rings is 1. The fourth-order valence-corrected chi connectivity index (χ4v) is 2.63. The average Bonchev–Trinajstić information content (AvgIpc) is 2.93. The Morgan fingerprint density at radius 3 is 2.56 bits per heavy atom. The van der Waals surface area contributed by atoms with Crippen LogP contribution in [0.4, 0.5) is 4.39 Å². The number of carbonyl (C=O) groups excluding carboxylic acids is 1. The first kappa shape index (κ1) is 17.1. The van der Waals surface area contributed by atoms with Gasteiger partial charge in [-0.15, -0.1) is 0 Å². The number of nitrogens with one attached hydrogen (secondary N) is 1. The van der Waals surface area contributed by atoms with Gasteiger partial charge in [-0.2, -0.15) is 5.10 Å². The van der Waals surface area contributed by atoms with Crippen LogP contribution in [0.5, 0.6) is 0 Å². The van der Waals surface area contributed by atoms with E-state index in [0.717, 1.165) is 17.0 Å². The van der Waals surface area contributed by atoms with Crippen molar-refractivity contribution >= 4 is 17.5 Å². The third kappa shape index (κ3) is 3.85. The number of halogens is 2. The first-order valence-corrected chi connectivity index (χ1v) is 8.04. The van der Waals surface area contributed by atoms with Crippen molar-refractivity contribution in [3.63, 3.8) is 0 Å². The van der Waals surface area contributed by atoms with E-state index < -0.39 is 5.91 Å². The molecule has 0 fully saturated rings. The van der Waals surface area contributed by atoms with Crippen molar-refractivity contribution in [1.82, 2.24) is 20.1 Å². The molecule has 0 spiro atoms. The zero-order valence-electron chi connectivity index (χ0n) is 13.8. The van der Waals surface area contributed by atoms with E-state index in [1.54, 1.807) is 28.9 Å². The molecule has 2 heterocycles. The molecular weight excluding hydrogens is 343 g/mol. The van der Waals surface area contributed by atoms with Crippen molar-refractivity contribution in [3.05, 3.63) is 75.9 Å². The molecule has 0 atom stereocenters. The molecular formula is C18H16ClFN4O. The summed E-state index contributed by atoms with van der Waals surface area (Å²) in [6, 6.07) is 11.1. The smallest absolute Gasteiger partial charge is 0.271 e. The van der Waals surface area contributed by atoms with Crippen LogP contribution in [0, 0.1) is 19.7 Å². The maximum absolute atomic E-state index is 12.9. The van der Waals surface area contributed by atoms with Crippen LogP contribution in [0.15, 0.2) is 42.5 Å². The first-order chi connectivity index (χ1) is 11.9. The molecule has 3 rings (SSSR count). The number of carbonyl (C=O) groups is 1. The Bertz CT molecular complexity index is 921. The van der Waals surface area contributed by atoms with Gasteiger partial charge in [-0.3, -0.25) is 4.79 Å². The summed E-state index contributed by atoms with van der Waals surface area (Å²) in [4.78, 5) is 16.8. The topological polar surface area (TPSA) is 59.8 Å². The van der Waals surface area contributed by atoms with Gasteiger partial charge in [0.05, 0.1) is 10.7 Å². The molecule has 0 radical (unpaired) electrons. The van der Waals surface area contributed by atoms with Gasteiger partial charge in [0, 0.05) is 12.2 Å². The summed E-state index contributed by atoms with van der Waals surface area (Å²) in [5.41, 5.74) is 2.66. The lowest BCUT2D eigenvalue weighted by Gasteiger charge is -2.09. The van der Waals surface area contributed by atoms with Gasteiger partial charge in [-0.1, -0.05) is 23.7 Å². The van der Waals surface area contributed by atoms with Crippen LogP contribution in [-0.4, -0.2) is 20.7 Å². The molecule has 2 aromatic heterocycles. The van der Waals surface area contributed by atoms with Gasteiger partial charge in [0.2, 0.25) is 0 Å². The minimum absolute atomic E-state index is 0.119. The minimum Gasteiger partial charge on any atom is -0.347 e. The highest BCUT2D eigenvalue weighted by Gasteiger charge is 2.15. The van der Waals surface area contributed by atoms with E-state index in [-0.39, 0.29) is 23.1 Å². The van der Waals surface area contributed by atoms with Crippen molar-refractivity contribution in [2.24, 2.45) is 0 Å². The molecule has 0 saturated heterocycles. The molecule has 7 heteroatoms. The summed E-state index contributed by atoms with van der Waals surface area (Å²) in [5, 5.41) is 7.34. The van der Waals surface area contributed by atoms with E-state index >= 15 is 0 Å². The number of hydrogen-bond donors (Lipinski definition) is 1. The molecule has 0 aliphatic rings. The Balaban J connectivity index is 1.81. The number of amides is 1. The largest absolute Gasteiger partial charge is 0.347 e. The van der Waals surface area contributed by atoms with E-state index in [4.69, 9.17) is 11.6 Å². The van der Waals surface area contributed by atoms with Gasteiger partial charge in [0.25, 0.3) is 5.91 Å². The van der Waals surface area contributed by atoms with Crippen molar-refractivity contribution in [2.45, 2.75) is 20.4 Å². The zero-order chi connectivity index (χ0) is 18.0. The molecule has 0 unspecified atom stereocenters. The Hall–Kier alpha value is -2.73. The predicted octanol–water partition coefficient (Wildman–Crippen LogP) is 3.61. The highest BCUT2D eigenvalue weighted by molar-refractivity contribution is 6.33.